The Bertz CT molecular complexity index is 856. The van der Waals surface area contributed by atoms with Crippen LogP contribution < -0.4 is 16.4 Å². The highest BCUT2D eigenvalue weighted by Crippen LogP contribution is 2.08. The smallest absolute Gasteiger partial charge is 0.315 e. The van der Waals surface area contributed by atoms with Crippen molar-refractivity contribution in [3.8, 4) is 0 Å². The summed E-state index contributed by atoms with van der Waals surface area (Å²) in [5, 5.41) is 30.5. The second-order valence-corrected chi connectivity index (χ2v) is 8.44. The van der Waals surface area contributed by atoms with Crippen LogP contribution in [0.4, 0.5) is 4.79 Å². The van der Waals surface area contributed by atoms with E-state index in [1.54, 1.807) is 12.1 Å². The molecule has 3 amide bonds. The van der Waals surface area contributed by atoms with Crippen molar-refractivity contribution in [2.24, 2.45) is 11.7 Å². The maximum atomic E-state index is 12.9. The number of nitrogens with zero attached hydrogens (tertiary/aromatic N) is 1. The van der Waals surface area contributed by atoms with Crippen LogP contribution in [0.2, 0.25) is 0 Å². The lowest BCUT2D eigenvalue weighted by Crippen LogP contribution is -2.53. The molecule has 1 atom stereocenters. The van der Waals surface area contributed by atoms with Gasteiger partial charge in [0.15, 0.2) is 0 Å². The second-order valence-electron chi connectivity index (χ2n) is 8.44. The van der Waals surface area contributed by atoms with Gasteiger partial charge in [-0.15, -0.1) is 0 Å². The zero-order chi connectivity index (χ0) is 25.7. The molecular formula is C23H35N5O6. The highest BCUT2D eigenvalue weighted by Gasteiger charge is 2.28. The fraction of sp³-hybridized carbons (Fsp3) is 0.522. The number of nitrogens with one attached hydrogen (secondary N) is 3. The first kappa shape index (κ1) is 28.4. The number of unbranched alkanes of at least 4 members (excludes halogenated alkanes) is 1. The predicted molar refractivity (Wildman–Crippen MR) is 127 cm³/mol. The van der Waals surface area contributed by atoms with Gasteiger partial charge in [-0.05, 0) is 30.7 Å². The topological polar surface area (TPSA) is 186 Å². The van der Waals surface area contributed by atoms with Crippen molar-refractivity contribution in [2.45, 2.75) is 52.0 Å². The van der Waals surface area contributed by atoms with Gasteiger partial charge < -0.3 is 31.5 Å². The minimum atomic E-state index is -1.30. The molecule has 11 heteroatoms. The number of amidine groups is 1. The zero-order valence-electron chi connectivity index (χ0n) is 19.7. The first-order valence-electron chi connectivity index (χ1n) is 11.2. The van der Waals surface area contributed by atoms with E-state index in [9.17, 15) is 24.3 Å². The molecule has 1 aromatic rings. The number of benzene rings is 1. The van der Waals surface area contributed by atoms with E-state index in [-0.39, 0.29) is 31.3 Å². The molecule has 0 saturated carbocycles. The van der Waals surface area contributed by atoms with E-state index in [0.717, 1.165) is 18.4 Å². The van der Waals surface area contributed by atoms with Crippen molar-refractivity contribution in [3.63, 3.8) is 0 Å². The largest absolute Gasteiger partial charge is 0.481 e. The van der Waals surface area contributed by atoms with E-state index < -0.39 is 36.3 Å². The van der Waals surface area contributed by atoms with Gasteiger partial charge in [-0.25, -0.2) is 4.79 Å². The highest BCUT2D eigenvalue weighted by molar-refractivity contribution is 5.94. The van der Waals surface area contributed by atoms with E-state index in [4.69, 9.17) is 16.2 Å². The quantitative estimate of drug-likeness (QED) is 0.125. The first-order chi connectivity index (χ1) is 16.0. The third-order valence-corrected chi connectivity index (χ3v) is 4.92. The van der Waals surface area contributed by atoms with Crippen molar-refractivity contribution in [1.29, 1.82) is 5.41 Å². The van der Waals surface area contributed by atoms with E-state index in [1.807, 2.05) is 26.0 Å². The average Bonchev–Trinajstić information content (AvgIpc) is 2.75. The van der Waals surface area contributed by atoms with E-state index in [1.165, 1.54) is 4.90 Å². The predicted octanol–water partition coefficient (Wildman–Crippen LogP) is 1.40. The SMILES string of the molecule is CC(C)CN(CCC(=O)O)C(=O)C(CC(=O)O)NC(=O)NCCCCc1ccc(C(=N)N)cc1. The van der Waals surface area contributed by atoms with E-state index >= 15 is 0 Å². The second kappa shape index (κ2) is 14.5. The molecule has 0 bridgehead atoms. The third kappa shape index (κ3) is 11.3. The zero-order valence-corrected chi connectivity index (χ0v) is 19.7. The van der Waals surface area contributed by atoms with Crippen molar-refractivity contribution in [3.05, 3.63) is 35.4 Å². The monoisotopic (exact) mass is 477 g/mol. The van der Waals surface area contributed by atoms with E-state index in [0.29, 0.717) is 18.5 Å². The number of carboxylic acids is 2. The molecule has 0 heterocycles. The summed E-state index contributed by atoms with van der Waals surface area (Å²) >= 11 is 0. The number of carbonyl (C=O) groups is 4. The lowest BCUT2D eigenvalue weighted by atomic mass is 10.1. The first-order valence-corrected chi connectivity index (χ1v) is 11.2. The molecule has 1 unspecified atom stereocenters. The number of aliphatic carboxylic acids is 2. The molecule has 1 rings (SSSR count). The highest BCUT2D eigenvalue weighted by atomic mass is 16.4. The van der Waals surface area contributed by atoms with Crippen molar-refractivity contribution < 1.29 is 29.4 Å². The van der Waals surface area contributed by atoms with Gasteiger partial charge in [0, 0.05) is 25.2 Å². The Labute approximate surface area is 199 Å². The maximum absolute atomic E-state index is 12.9. The normalized spacial score (nSPS) is 11.5. The lowest BCUT2D eigenvalue weighted by molar-refractivity contribution is -0.144. The Morgan fingerprint density at radius 1 is 1.06 bits per heavy atom. The van der Waals surface area contributed by atoms with Gasteiger partial charge >= 0.3 is 18.0 Å². The molecule has 0 fully saturated rings. The van der Waals surface area contributed by atoms with Crippen LogP contribution in [0.1, 0.15) is 50.7 Å². The summed E-state index contributed by atoms with van der Waals surface area (Å²) in [4.78, 5) is 48.6. The molecule has 188 valence electrons. The Kier molecular flexibility index (Phi) is 12.1. The molecule has 0 spiro atoms. The van der Waals surface area contributed by atoms with Crippen LogP contribution in [0.15, 0.2) is 24.3 Å². The molecule has 0 aliphatic rings. The van der Waals surface area contributed by atoms with Crippen LogP contribution in [0.3, 0.4) is 0 Å². The number of rotatable bonds is 15. The molecule has 34 heavy (non-hydrogen) atoms. The van der Waals surface area contributed by atoms with Gasteiger partial charge in [0.05, 0.1) is 12.8 Å². The fourth-order valence-electron chi connectivity index (χ4n) is 3.27. The van der Waals surface area contributed by atoms with Crippen LogP contribution in [0, 0.1) is 11.3 Å². The maximum Gasteiger partial charge on any atom is 0.315 e. The van der Waals surface area contributed by atoms with Crippen LogP contribution in [-0.4, -0.2) is 70.5 Å². The molecule has 0 aliphatic heterocycles. The average molecular weight is 478 g/mol. The summed E-state index contributed by atoms with van der Waals surface area (Å²) in [5.41, 5.74) is 7.17. The summed E-state index contributed by atoms with van der Waals surface area (Å²) in [6.07, 6.45) is 1.34. The molecular weight excluding hydrogens is 442 g/mol. The number of aryl methyl sites for hydroxylation is 1. The van der Waals surface area contributed by atoms with Gasteiger partial charge in [-0.3, -0.25) is 19.8 Å². The Morgan fingerprint density at radius 3 is 2.24 bits per heavy atom. The molecule has 0 aromatic heterocycles. The van der Waals surface area contributed by atoms with Gasteiger partial charge in [0.1, 0.15) is 11.9 Å². The Morgan fingerprint density at radius 2 is 1.71 bits per heavy atom. The van der Waals surface area contributed by atoms with Gasteiger partial charge in [0.25, 0.3) is 0 Å². The van der Waals surface area contributed by atoms with Crippen LogP contribution in [0.25, 0.3) is 0 Å². The summed E-state index contributed by atoms with van der Waals surface area (Å²) in [6, 6.07) is 5.39. The lowest BCUT2D eigenvalue weighted by Gasteiger charge is -2.28. The number of nitrogen functional groups attached to an aromatic ring is 1. The molecule has 0 aliphatic carbocycles. The number of urea groups is 1. The summed E-state index contributed by atoms with van der Waals surface area (Å²) in [6.45, 7) is 4.22. The molecule has 7 N–H and O–H groups in total. The van der Waals surface area contributed by atoms with Crippen LogP contribution in [0.5, 0.6) is 0 Å². The van der Waals surface area contributed by atoms with Gasteiger partial charge in [-0.1, -0.05) is 38.1 Å². The minimum Gasteiger partial charge on any atom is -0.481 e. The molecule has 0 radical (unpaired) electrons. The summed E-state index contributed by atoms with van der Waals surface area (Å²) in [5.74, 6) is -2.90. The third-order valence-electron chi connectivity index (χ3n) is 4.92. The molecule has 1 aromatic carbocycles. The summed E-state index contributed by atoms with van der Waals surface area (Å²) < 4.78 is 0. The van der Waals surface area contributed by atoms with Gasteiger partial charge in [-0.2, -0.15) is 0 Å². The molecule has 11 nitrogen and oxygen atoms in total. The number of hydrogen-bond acceptors (Lipinski definition) is 5. The van der Waals surface area contributed by atoms with Crippen molar-refractivity contribution in [1.82, 2.24) is 15.5 Å². The Balaban J connectivity index is 2.56. The van der Waals surface area contributed by atoms with Crippen molar-refractivity contribution >= 4 is 29.7 Å². The minimum absolute atomic E-state index is 0.00987. The number of nitrogens with two attached hydrogens (primary N) is 1. The number of hydrogen-bond donors (Lipinski definition) is 6. The van der Waals surface area contributed by atoms with Crippen molar-refractivity contribution in [2.75, 3.05) is 19.6 Å². The standard InChI is InChI=1S/C23H35N5O6/c1-15(2)14-28(12-10-19(29)30)22(33)18(13-20(31)32)27-23(34)26-11-4-3-5-16-6-8-17(9-7-16)21(24)25/h6-9,15,18H,3-5,10-14H2,1-2H3,(H3,24,25)(H,29,30)(H,31,32)(H2,26,27,34). The number of carboxylic acid groups (broad SMARTS) is 2. The Hall–Kier alpha value is -3.63. The fourth-order valence-corrected chi connectivity index (χ4v) is 3.27. The summed E-state index contributed by atoms with van der Waals surface area (Å²) in [7, 11) is 0. The van der Waals surface area contributed by atoms with Gasteiger partial charge in [0.2, 0.25) is 5.91 Å². The van der Waals surface area contributed by atoms with Crippen LogP contribution >= 0.6 is 0 Å². The van der Waals surface area contributed by atoms with E-state index in [2.05, 4.69) is 10.6 Å². The van der Waals surface area contributed by atoms with Crippen LogP contribution in [-0.2, 0) is 20.8 Å². The number of amides is 3. The number of carbonyl (C=O) groups excluding carboxylic acids is 2. The molecule has 0 saturated heterocycles.